The molecule has 146 valence electrons. The molecule has 5 rings (SSSR count). The molecule has 0 atom stereocenters. The first kappa shape index (κ1) is 18.1. The van der Waals surface area contributed by atoms with E-state index in [-0.39, 0.29) is 11.5 Å². The lowest BCUT2D eigenvalue weighted by Gasteiger charge is -2.05. The monoisotopic (exact) mass is 398 g/mol. The van der Waals surface area contributed by atoms with Gasteiger partial charge < -0.3 is 8.83 Å². The van der Waals surface area contributed by atoms with E-state index in [4.69, 9.17) is 8.83 Å². The van der Waals surface area contributed by atoms with E-state index in [2.05, 4.69) is 0 Å². The van der Waals surface area contributed by atoms with Crippen LogP contribution in [0.25, 0.3) is 33.1 Å². The van der Waals surface area contributed by atoms with Crippen LogP contribution in [-0.2, 0) is 0 Å². The molecule has 0 spiro atoms. The number of fused-ring (bicyclic) bond motifs is 3. The zero-order valence-corrected chi connectivity index (χ0v) is 15.9. The van der Waals surface area contributed by atoms with Gasteiger partial charge >= 0.3 is 5.63 Å². The first-order chi connectivity index (χ1) is 14.5. The molecule has 0 aliphatic rings. The van der Waals surface area contributed by atoms with E-state index < -0.39 is 11.4 Å². The Morgan fingerprint density at radius 2 is 1.63 bits per heavy atom. The van der Waals surface area contributed by atoms with Crippen molar-refractivity contribution in [3.63, 3.8) is 0 Å². The zero-order chi connectivity index (χ0) is 20.8. The fraction of sp³-hybridized carbons (Fsp3) is 0.0400. The van der Waals surface area contributed by atoms with Crippen LogP contribution >= 0.6 is 0 Å². The van der Waals surface area contributed by atoms with Crippen molar-refractivity contribution in [2.75, 3.05) is 0 Å². The van der Waals surface area contributed by atoms with Crippen LogP contribution < -0.4 is 5.63 Å². The highest BCUT2D eigenvalue weighted by atomic mass is 19.1. The molecule has 0 N–H and O–H groups in total. The molecule has 5 heteroatoms. The second-order valence-electron chi connectivity index (χ2n) is 7.07. The van der Waals surface area contributed by atoms with Crippen LogP contribution in [0, 0.1) is 12.7 Å². The molecule has 0 aliphatic carbocycles. The Bertz CT molecular complexity index is 1480. The minimum absolute atomic E-state index is 0.111. The standard InChI is InChI=1S/C25H15FO4/c1-14-13-20(27)30-24-18(14)11-12-19-22(24)21(15-5-3-2-4-6-15)25(29-19)23(28)16-7-9-17(26)10-8-16/h2-13H,1H3. The quantitative estimate of drug-likeness (QED) is 0.281. The normalized spacial score (nSPS) is 11.3. The van der Waals surface area contributed by atoms with Gasteiger partial charge in [0.1, 0.15) is 17.0 Å². The summed E-state index contributed by atoms with van der Waals surface area (Å²) in [6.07, 6.45) is 0. The van der Waals surface area contributed by atoms with Crippen molar-refractivity contribution < 1.29 is 18.0 Å². The number of furan rings is 1. The third-order valence-electron chi connectivity index (χ3n) is 5.15. The van der Waals surface area contributed by atoms with Gasteiger partial charge in [-0.1, -0.05) is 30.3 Å². The topological polar surface area (TPSA) is 60.4 Å². The van der Waals surface area contributed by atoms with E-state index >= 15 is 0 Å². The number of benzene rings is 3. The second kappa shape index (κ2) is 6.81. The van der Waals surface area contributed by atoms with Crippen LogP contribution in [0.1, 0.15) is 21.7 Å². The largest absolute Gasteiger partial charge is 0.452 e. The molecular formula is C25H15FO4. The van der Waals surface area contributed by atoms with Crippen molar-refractivity contribution in [2.45, 2.75) is 6.92 Å². The summed E-state index contributed by atoms with van der Waals surface area (Å²) in [7, 11) is 0. The molecule has 0 radical (unpaired) electrons. The van der Waals surface area contributed by atoms with Gasteiger partial charge in [-0.15, -0.1) is 0 Å². The van der Waals surface area contributed by atoms with Crippen LogP contribution in [0.3, 0.4) is 0 Å². The number of hydrogen-bond acceptors (Lipinski definition) is 4. The van der Waals surface area contributed by atoms with Crippen LogP contribution in [0.5, 0.6) is 0 Å². The molecule has 2 heterocycles. The number of halogens is 1. The van der Waals surface area contributed by atoms with Crippen LogP contribution in [0.2, 0.25) is 0 Å². The average Bonchev–Trinajstić information content (AvgIpc) is 3.14. The van der Waals surface area contributed by atoms with Gasteiger partial charge in [0, 0.05) is 22.6 Å². The van der Waals surface area contributed by atoms with Crippen LogP contribution in [0.4, 0.5) is 4.39 Å². The van der Waals surface area contributed by atoms with Crippen molar-refractivity contribution in [3.05, 3.63) is 106 Å². The summed E-state index contributed by atoms with van der Waals surface area (Å²) < 4.78 is 24.9. The number of ketones is 1. The summed E-state index contributed by atoms with van der Waals surface area (Å²) in [5.41, 5.74) is 2.69. The molecular weight excluding hydrogens is 383 g/mol. The summed E-state index contributed by atoms with van der Waals surface area (Å²) in [6, 6.07) is 19.6. The predicted molar refractivity (Wildman–Crippen MR) is 112 cm³/mol. The minimum Gasteiger partial charge on any atom is -0.452 e. The van der Waals surface area contributed by atoms with Crippen molar-refractivity contribution in [1.82, 2.24) is 0 Å². The third kappa shape index (κ3) is 2.83. The first-order valence-corrected chi connectivity index (χ1v) is 9.38. The third-order valence-corrected chi connectivity index (χ3v) is 5.15. The van der Waals surface area contributed by atoms with Gasteiger partial charge in [-0.3, -0.25) is 4.79 Å². The summed E-state index contributed by atoms with van der Waals surface area (Å²) in [4.78, 5) is 25.4. The van der Waals surface area contributed by atoms with Gasteiger partial charge in [0.25, 0.3) is 0 Å². The molecule has 0 unspecified atom stereocenters. The summed E-state index contributed by atoms with van der Waals surface area (Å²) in [5, 5.41) is 1.32. The zero-order valence-electron chi connectivity index (χ0n) is 15.9. The molecule has 0 fully saturated rings. The number of carbonyl (C=O) groups is 1. The van der Waals surface area contributed by atoms with Gasteiger partial charge in [-0.2, -0.15) is 0 Å². The Labute approximate surface area is 170 Å². The molecule has 30 heavy (non-hydrogen) atoms. The summed E-state index contributed by atoms with van der Waals surface area (Å²) in [6.45, 7) is 1.83. The molecule has 0 amide bonds. The van der Waals surface area contributed by atoms with Crippen molar-refractivity contribution in [2.24, 2.45) is 0 Å². The van der Waals surface area contributed by atoms with E-state index in [9.17, 15) is 14.0 Å². The van der Waals surface area contributed by atoms with Crippen LogP contribution in [0.15, 0.2) is 86.4 Å². The van der Waals surface area contributed by atoms with E-state index in [1.165, 1.54) is 30.3 Å². The lowest BCUT2D eigenvalue weighted by molar-refractivity contribution is 0.101. The number of carbonyl (C=O) groups excluding carboxylic acids is 1. The Morgan fingerprint density at radius 1 is 0.900 bits per heavy atom. The lowest BCUT2D eigenvalue weighted by atomic mass is 9.96. The molecule has 0 aliphatic heterocycles. The highest BCUT2D eigenvalue weighted by Crippen LogP contribution is 2.40. The SMILES string of the molecule is Cc1cc(=O)oc2c1ccc1oc(C(=O)c3ccc(F)cc3)c(-c3ccccc3)c12. The maximum atomic E-state index is 13.3. The smallest absolute Gasteiger partial charge is 0.336 e. The number of hydrogen-bond donors (Lipinski definition) is 0. The molecule has 0 saturated carbocycles. The predicted octanol–water partition coefficient (Wildman–Crippen LogP) is 5.88. The van der Waals surface area contributed by atoms with Crippen molar-refractivity contribution >= 4 is 27.7 Å². The molecule has 2 aromatic heterocycles. The summed E-state index contributed by atoms with van der Waals surface area (Å²) in [5.74, 6) is -0.699. The van der Waals surface area contributed by atoms with E-state index in [0.29, 0.717) is 27.7 Å². The average molecular weight is 398 g/mol. The Hall–Kier alpha value is -3.99. The fourth-order valence-electron chi connectivity index (χ4n) is 3.73. The number of aryl methyl sites for hydroxylation is 1. The second-order valence-corrected chi connectivity index (χ2v) is 7.07. The Kier molecular flexibility index (Phi) is 4.10. The maximum absolute atomic E-state index is 13.3. The highest BCUT2D eigenvalue weighted by Gasteiger charge is 2.25. The highest BCUT2D eigenvalue weighted by molar-refractivity contribution is 6.20. The summed E-state index contributed by atoms with van der Waals surface area (Å²) >= 11 is 0. The van der Waals surface area contributed by atoms with Gasteiger partial charge in [0.05, 0.1) is 5.39 Å². The van der Waals surface area contributed by atoms with Gasteiger partial charge in [-0.25, -0.2) is 9.18 Å². The van der Waals surface area contributed by atoms with Crippen molar-refractivity contribution in [1.29, 1.82) is 0 Å². The van der Waals surface area contributed by atoms with Gasteiger partial charge in [0.15, 0.2) is 5.76 Å². The Morgan fingerprint density at radius 3 is 2.37 bits per heavy atom. The van der Waals surface area contributed by atoms with E-state index in [1.807, 2.05) is 37.3 Å². The number of rotatable bonds is 3. The molecule has 0 saturated heterocycles. The van der Waals surface area contributed by atoms with E-state index in [1.54, 1.807) is 12.1 Å². The van der Waals surface area contributed by atoms with Crippen molar-refractivity contribution in [3.8, 4) is 11.1 Å². The first-order valence-electron chi connectivity index (χ1n) is 9.38. The molecule has 3 aromatic carbocycles. The van der Waals surface area contributed by atoms with Crippen LogP contribution in [-0.4, -0.2) is 5.78 Å². The molecule has 4 nitrogen and oxygen atoms in total. The molecule has 5 aromatic rings. The Balaban J connectivity index is 1.89. The minimum atomic E-state index is -0.473. The fourth-order valence-corrected chi connectivity index (χ4v) is 3.73. The van der Waals surface area contributed by atoms with Gasteiger partial charge in [-0.05, 0) is 54.4 Å². The van der Waals surface area contributed by atoms with E-state index in [0.717, 1.165) is 16.5 Å². The molecule has 0 bridgehead atoms. The lowest BCUT2D eigenvalue weighted by Crippen LogP contribution is -2.02. The van der Waals surface area contributed by atoms with Gasteiger partial charge in [0.2, 0.25) is 5.78 Å². The maximum Gasteiger partial charge on any atom is 0.336 e.